The second kappa shape index (κ2) is 4.86. The number of imide groups is 1. The Kier molecular flexibility index (Phi) is 3.52. The van der Waals surface area contributed by atoms with Crippen LogP contribution in [0.15, 0.2) is 29.8 Å². The molecule has 1 aromatic carbocycles. The number of carbonyl (C=O) groups excluding carboxylic acids is 2. The summed E-state index contributed by atoms with van der Waals surface area (Å²) in [5.74, 6) is -2.20. The Hall–Kier alpha value is -1.95. The molecule has 1 aliphatic rings. The van der Waals surface area contributed by atoms with Crippen LogP contribution >= 0.6 is 11.6 Å². The standard InChI is InChI=1S/C13H11ClF2N2O2/c1-7(14)6-18-11(19)13(2,17-12(18)20)9-5-8(15)3-4-10(9)16/h3-5H,1,6H2,2H3,(H,17,20). The van der Waals surface area contributed by atoms with Crippen molar-refractivity contribution in [1.29, 1.82) is 0 Å². The highest BCUT2D eigenvalue weighted by Gasteiger charge is 2.50. The Morgan fingerprint density at radius 3 is 2.70 bits per heavy atom. The van der Waals surface area contributed by atoms with Gasteiger partial charge >= 0.3 is 6.03 Å². The van der Waals surface area contributed by atoms with Crippen molar-refractivity contribution >= 4 is 23.5 Å². The number of hydrogen-bond donors (Lipinski definition) is 1. The molecule has 0 spiro atoms. The molecule has 1 aliphatic heterocycles. The van der Waals surface area contributed by atoms with Crippen LogP contribution in [0.5, 0.6) is 0 Å². The van der Waals surface area contributed by atoms with Crippen LogP contribution < -0.4 is 5.32 Å². The summed E-state index contributed by atoms with van der Waals surface area (Å²) in [4.78, 5) is 24.9. The predicted octanol–water partition coefficient (Wildman–Crippen LogP) is 2.48. The van der Waals surface area contributed by atoms with Gasteiger partial charge in [-0.25, -0.2) is 13.6 Å². The van der Waals surface area contributed by atoms with Crippen molar-refractivity contribution in [2.24, 2.45) is 0 Å². The third-order valence-electron chi connectivity index (χ3n) is 3.07. The fraction of sp³-hybridized carbons (Fsp3) is 0.231. The zero-order chi connectivity index (χ0) is 15.1. The molecule has 1 fully saturated rings. The highest BCUT2D eigenvalue weighted by atomic mass is 35.5. The van der Waals surface area contributed by atoms with Gasteiger partial charge in [0, 0.05) is 10.6 Å². The van der Waals surface area contributed by atoms with Crippen LogP contribution in [0.3, 0.4) is 0 Å². The monoisotopic (exact) mass is 300 g/mol. The van der Waals surface area contributed by atoms with Gasteiger partial charge in [0.1, 0.15) is 17.2 Å². The first-order chi connectivity index (χ1) is 9.25. The van der Waals surface area contributed by atoms with E-state index in [0.29, 0.717) is 0 Å². The number of halogens is 3. The lowest BCUT2D eigenvalue weighted by molar-refractivity contribution is -0.130. The molecule has 1 aromatic rings. The molecule has 20 heavy (non-hydrogen) atoms. The Morgan fingerprint density at radius 2 is 2.10 bits per heavy atom. The molecule has 7 heteroatoms. The highest BCUT2D eigenvalue weighted by Crippen LogP contribution is 2.31. The predicted molar refractivity (Wildman–Crippen MR) is 68.9 cm³/mol. The van der Waals surface area contributed by atoms with Crippen molar-refractivity contribution < 1.29 is 18.4 Å². The molecule has 4 nitrogen and oxygen atoms in total. The minimum atomic E-state index is -1.67. The largest absolute Gasteiger partial charge is 0.325 e. The zero-order valence-corrected chi connectivity index (χ0v) is 11.3. The molecule has 1 unspecified atom stereocenters. The molecule has 1 saturated heterocycles. The number of amides is 3. The topological polar surface area (TPSA) is 49.4 Å². The van der Waals surface area contributed by atoms with Crippen molar-refractivity contribution in [2.75, 3.05) is 6.54 Å². The summed E-state index contributed by atoms with van der Waals surface area (Å²) in [5, 5.41) is 2.43. The molecule has 0 radical (unpaired) electrons. The molecular formula is C13H11ClF2N2O2. The highest BCUT2D eigenvalue weighted by molar-refractivity contribution is 6.30. The number of nitrogens with one attached hydrogen (secondary N) is 1. The van der Waals surface area contributed by atoms with E-state index in [4.69, 9.17) is 11.6 Å². The summed E-state index contributed by atoms with van der Waals surface area (Å²) in [7, 11) is 0. The molecule has 1 N–H and O–H groups in total. The first-order valence-electron chi connectivity index (χ1n) is 5.68. The number of benzene rings is 1. The van der Waals surface area contributed by atoms with Crippen LogP contribution in [0.4, 0.5) is 13.6 Å². The third kappa shape index (κ3) is 2.27. The molecule has 2 rings (SSSR count). The number of carbonyl (C=O) groups is 2. The summed E-state index contributed by atoms with van der Waals surface area (Å²) in [6.07, 6.45) is 0. The second-order valence-electron chi connectivity index (χ2n) is 4.59. The van der Waals surface area contributed by atoms with Crippen LogP contribution in [-0.2, 0) is 10.3 Å². The molecule has 1 heterocycles. The molecule has 0 aromatic heterocycles. The van der Waals surface area contributed by atoms with Gasteiger partial charge in [0.2, 0.25) is 0 Å². The average Bonchev–Trinajstić information content (AvgIpc) is 2.56. The SMILES string of the molecule is C=C(Cl)CN1C(=O)NC(C)(c2cc(F)ccc2F)C1=O. The minimum absolute atomic E-state index is 0.0810. The van der Waals surface area contributed by atoms with E-state index in [1.807, 2.05) is 0 Å². The van der Waals surface area contributed by atoms with E-state index in [2.05, 4.69) is 11.9 Å². The first kappa shape index (κ1) is 14.5. The van der Waals surface area contributed by atoms with Crippen molar-refractivity contribution in [3.63, 3.8) is 0 Å². The maximum Gasteiger partial charge on any atom is 0.325 e. The summed E-state index contributed by atoms with van der Waals surface area (Å²) >= 11 is 5.58. The van der Waals surface area contributed by atoms with Crippen molar-refractivity contribution in [3.05, 3.63) is 47.0 Å². The molecular weight excluding hydrogens is 290 g/mol. The van der Waals surface area contributed by atoms with Gasteiger partial charge in [-0.2, -0.15) is 0 Å². The van der Waals surface area contributed by atoms with Gasteiger partial charge in [0.25, 0.3) is 5.91 Å². The van der Waals surface area contributed by atoms with Crippen LogP contribution in [0, 0.1) is 11.6 Å². The van der Waals surface area contributed by atoms with Gasteiger partial charge in [-0.3, -0.25) is 9.69 Å². The molecule has 1 atom stereocenters. The Labute approximate surface area is 119 Å². The van der Waals surface area contributed by atoms with Gasteiger partial charge in [0.15, 0.2) is 0 Å². The van der Waals surface area contributed by atoms with Crippen LogP contribution in [-0.4, -0.2) is 23.4 Å². The van der Waals surface area contributed by atoms with E-state index >= 15 is 0 Å². The fourth-order valence-corrected chi connectivity index (χ4v) is 2.19. The second-order valence-corrected chi connectivity index (χ2v) is 5.12. The molecule has 0 aliphatic carbocycles. The van der Waals surface area contributed by atoms with Gasteiger partial charge in [-0.1, -0.05) is 18.2 Å². The number of urea groups is 1. The summed E-state index contributed by atoms with van der Waals surface area (Å²) in [6.45, 7) is 4.51. The summed E-state index contributed by atoms with van der Waals surface area (Å²) in [6, 6.07) is 1.98. The van der Waals surface area contributed by atoms with Gasteiger partial charge in [-0.05, 0) is 25.1 Å². The summed E-state index contributed by atoms with van der Waals surface area (Å²) < 4.78 is 27.1. The van der Waals surface area contributed by atoms with E-state index < -0.39 is 29.1 Å². The smallest absolute Gasteiger partial charge is 0.319 e. The van der Waals surface area contributed by atoms with Crippen LogP contribution in [0.25, 0.3) is 0 Å². The first-order valence-corrected chi connectivity index (χ1v) is 6.06. The third-order valence-corrected chi connectivity index (χ3v) is 3.19. The average molecular weight is 301 g/mol. The fourth-order valence-electron chi connectivity index (χ4n) is 2.08. The van der Waals surface area contributed by atoms with Gasteiger partial charge in [0.05, 0.1) is 6.54 Å². The maximum atomic E-state index is 13.8. The number of nitrogens with zero attached hydrogens (tertiary/aromatic N) is 1. The van der Waals surface area contributed by atoms with Crippen LogP contribution in [0.1, 0.15) is 12.5 Å². The Balaban J connectivity index is 2.46. The number of rotatable bonds is 3. The van der Waals surface area contributed by atoms with Gasteiger partial charge < -0.3 is 5.32 Å². The molecule has 106 valence electrons. The van der Waals surface area contributed by atoms with E-state index in [1.54, 1.807) is 0 Å². The Morgan fingerprint density at radius 1 is 1.45 bits per heavy atom. The van der Waals surface area contributed by atoms with E-state index in [9.17, 15) is 18.4 Å². The lowest BCUT2D eigenvalue weighted by Crippen LogP contribution is -2.41. The summed E-state index contributed by atoms with van der Waals surface area (Å²) in [5.41, 5.74) is -1.91. The van der Waals surface area contributed by atoms with E-state index in [-0.39, 0.29) is 17.1 Å². The number of hydrogen-bond acceptors (Lipinski definition) is 2. The lowest BCUT2D eigenvalue weighted by atomic mass is 9.91. The molecule has 0 saturated carbocycles. The van der Waals surface area contributed by atoms with Crippen molar-refractivity contribution in [1.82, 2.24) is 10.2 Å². The van der Waals surface area contributed by atoms with Gasteiger partial charge in [-0.15, -0.1) is 0 Å². The van der Waals surface area contributed by atoms with E-state index in [0.717, 1.165) is 23.1 Å². The molecule has 3 amide bonds. The molecule has 0 bridgehead atoms. The Bertz CT molecular complexity index is 620. The maximum absolute atomic E-state index is 13.8. The zero-order valence-electron chi connectivity index (χ0n) is 10.5. The minimum Gasteiger partial charge on any atom is -0.319 e. The van der Waals surface area contributed by atoms with Crippen LogP contribution in [0.2, 0.25) is 0 Å². The normalized spacial score (nSPS) is 22.1. The van der Waals surface area contributed by atoms with Crippen molar-refractivity contribution in [2.45, 2.75) is 12.5 Å². The van der Waals surface area contributed by atoms with Crippen molar-refractivity contribution in [3.8, 4) is 0 Å². The van der Waals surface area contributed by atoms with E-state index in [1.165, 1.54) is 6.92 Å². The quantitative estimate of drug-likeness (QED) is 0.872. The lowest BCUT2D eigenvalue weighted by Gasteiger charge is -2.22.